The lowest BCUT2D eigenvalue weighted by molar-refractivity contribution is -0.124. The molecule has 0 aliphatic heterocycles. The molecule has 1 fully saturated rings. The predicted octanol–water partition coefficient (Wildman–Crippen LogP) is 3.01. The van der Waals surface area contributed by atoms with E-state index < -0.39 is 5.41 Å². The Morgan fingerprint density at radius 1 is 1.27 bits per heavy atom. The zero-order valence-corrected chi connectivity index (χ0v) is 13.7. The number of nitrogens with zero attached hydrogens (tertiary/aromatic N) is 1. The number of H-pyrrole nitrogens is 1. The molecule has 1 aliphatic carbocycles. The summed E-state index contributed by atoms with van der Waals surface area (Å²) in [6, 6.07) is 8.32. The molecule has 1 aromatic carbocycles. The van der Waals surface area contributed by atoms with Crippen LogP contribution in [0.25, 0.3) is 0 Å². The van der Waals surface area contributed by atoms with Crippen LogP contribution < -0.4 is 5.32 Å². The van der Waals surface area contributed by atoms with E-state index in [-0.39, 0.29) is 11.3 Å². The van der Waals surface area contributed by atoms with Gasteiger partial charge in [0.05, 0.1) is 12.0 Å². The van der Waals surface area contributed by atoms with Crippen LogP contribution in [0, 0.1) is 19.3 Å². The minimum atomic E-state index is -0.414. The number of aromatic nitrogens is 2. The van der Waals surface area contributed by atoms with Crippen molar-refractivity contribution < 1.29 is 4.79 Å². The van der Waals surface area contributed by atoms with E-state index in [1.165, 1.54) is 5.56 Å². The van der Waals surface area contributed by atoms with E-state index >= 15 is 0 Å². The maximum atomic E-state index is 12.9. The Balaban J connectivity index is 1.79. The molecule has 0 unspecified atom stereocenters. The van der Waals surface area contributed by atoms with Gasteiger partial charge in [0, 0.05) is 11.9 Å². The molecule has 0 bridgehead atoms. The highest BCUT2D eigenvalue weighted by Crippen LogP contribution is 2.64. The number of carbonyl (C=O) groups is 1. The molecular weight excluding hydrogens is 274 g/mol. The monoisotopic (exact) mass is 297 g/mol. The number of imidazole rings is 1. The Morgan fingerprint density at radius 2 is 1.91 bits per heavy atom. The van der Waals surface area contributed by atoms with E-state index in [1.807, 2.05) is 6.92 Å². The zero-order chi connectivity index (χ0) is 16.0. The fourth-order valence-corrected chi connectivity index (χ4v) is 3.34. The molecule has 4 heteroatoms. The van der Waals surface area contributed by atoms with Crippen molar-refractivity contribution in [1.82, 2.24) is 15.3 Å². The number of hydrogen-bond acceptors (Lipinski definition) is 2. The summed E-state index contributed by atoms with van der Waals surface area (Å²) in [7, 11) is 0. The first-order valence-corrected chi connectivity index (χ1v) is 7.71. The number of nitrogens with one attached hydrogen (secondary N) is 2. The first-order chi connectivity index (χ1) is 10.3. The number of amides is 1. The third kappa shape index (κ3) is 2.32. The number of aryl methyl sites for hydroxylation is 2. The van der Waals surface area contributed by atoms with Crippen LogP contribution in [0.3, 0.4) is 0 Å². The van der Waals surface area contributed by atoms with Crippen molar-refractivity contribution in [1.29, 1.82) is 0 Å². The van der Waals surface area contributed by atoms with Gasteiger partial charge < -0.3 is 10.3 Å². The number of hydrogen-bond donors (Lipinski definition) is 2. The molecule has 0 spiro atoms. The van der Waals surface area contributed by atoms with Crippen LogP contribution in [-0.4, -0.2) is 15.9 Å². The highest BCUT2D eigenvalue weighted by Gasteiger charge is 2.66. The topological polar surface area (TPSA) is 57.8 Å². The Labute approximate surface area is 131 Å². The molecular formula is C18H23N3O. The average Bonchev–Trinajstić information content (AvgIpc) is 2.84. The summed E-state index contributed by atoms with van der Waals surface area (Å²) < 4.78 is 0. The van der Waals surface area contributed by atoms with Crippen LogP contribution in [0.1, 0.15) is 42.9 Å². The van der Waals surface area contributed by atoms with Crippen molar-refractivity contribution in [3.63, 3.8) is 0 Å². The Hall–Kier alpha value is -2.10. The minimum absolute atomic E-state index is 0.00851. The van der Waals surface area contributed by atoms with Gasteiger partial charge in [0.15, 0.2) is 0 Å². The molecule has 1 heterocycles. The van der Waals surface area contributed by atoms with Crippen LogP contribution in [0.15, 0.2) is 30.5 Å². The van der Waals surface area contributed by atoms with Crippen LogP contribution in [0.5, 0.6) is 0 Å². The fraction of sp³-hybridized carbons (Fsp3) is 0.444. The van der Waals surface area contributed by atoms with Crippen molar-refractivity contribution in [2.75, 3.05) is 0 Å². The zero-order valence-electron chi connectivity index (χ0n) is 13.7. The Bertz CT molecular complexity index is 699. The number of rotatable bonds is 4. The molecule has 116 valence electrons. The van der Waals surface area contributed by atoms with Crippen LogP contribution in [-0.2, 0) is 16.8 Å². The largest absolute Gasteiger partial charge is 0.348 e. The molecule has 1 aliphatic rings. The van der Waals surface area contributed by atoms with E-state index in [0.29, 0.717) is 6.54 Å². The van der Waals surface area contributed by atoms with Gasteiger partial charge in [-0.15, -0.1) is 0 Å². The smallest absolute Gasteiger partial charge is 0.231 e. The highest BCUT2D eigenvalue weighted by atomic mass is 16.2. The van der Waals surface area contributed by atoms with Crippen LogP contribution in [0.4, 0.5) is 0 Å². The van der Waals surface area contributed by atoms with Gasteiger partial charge in [-0.25, -0.2) is 4.98 Å². The standard InChI is InChI=1S/C18H23N3O/c1-12-5-7-14(8-6-12)18(11-17(18,3)4)16(22)20-10-15-19-9-13(2)21-15/h5-9H,10-11H2,1-4H3,(H,19,21)(H,20,22)/t18-/m1/s1. The number of aromatic amines is 1. The summed E-state index contributed by atoms with van der Waals surface area (Å²) >= 11 is 0. The van der Waals surface area contributed by atoms with Gasteiger partial charge >= 0.3 is 0 Å². The summed E-state index contributed by atoms with van der Waals surface area (Å²) in [5, 5.41) is 3.05. The van der Waals surface area contributed by atoms with Crippen molar-refractivity contribution in [2.45, 2.75) is 46.1 Å². The molecule has 0 saturated heterocycles. The predicted molar refractivity (Wildman–Crippen MR) is 86.4 cm³/mol. The van der Waals surface area contributed by atoms with E-state index in [1.54, 1.807) is 6.20 Å². The van der Waals surface area contributed by atoms with Gasteiger partial charge in [0.25, 0.3) is 0 Å². The quantitative estimate of drug-likeness (QED) is 0.911. The van der Waals surface area contributed by atoms with Crippen molar-refractivity contribution >= 4 is 5.91 Å². The van der Waals surface area contributed by atoms with Gasteiger partial charge in [0.2, 0.25) is 5.91 Å². The van der Waals surface area contributed by atoms with Gasteiger partial charge in [-0.05, 0) is 31.2 Å². The summed E-state index contributed by atoms with van der Waals surface area (Å²) in [6.07, 6.45) is 2.66. The van der Waals surface area contributed by atoms with E-state index in [9.17, 15) is 4.79 Å². The lowest BCUT2D eigenvalue weighted by Crippen LogP contribution is -2.37. The van der Waals surface area contributed by atoms with Crippen LogP contribution >= 0.6 is 0 Å². The molecule has 1 aromatic heterocycles. The third-order valence-corrected chi connectivity index (χ3v) is 4.84. The van der Waals surface area contributed by atoms with Gasteiger partial charge in [-0.3, -0.25) is 4.79 Å². The lowest BCUT2D eigenvalue weighted by atomic mass is 9.86. The molecule has 3 rings (SSSR count). The highest BCUT2D eigenvalue weighted by molar-refractivity contribution is 5.93. The van der Waals surface area contributed by atoms with Gasteiger partial charge in [0.1, 0.15) is 5.82 Å². The molecule has 1 amide bonds. The summed E-state index contributed by atoms with van der Waals surface area (Å²) in [4.78, 5) is 20.2. The summed E-state index contributed by atoms with van der Waals surface area (Å²) in [5.74, 6) is 0.888. The number of carbonyl (C=O) groups excluding carboxylic acids is 1. The maximum Gasteiger partial charge on any atom is 0.231 e. The molecule has 0 radical (unpaired) electrons. The molecule has 22 heavy (non-hydrogen) atoms. The van der Waals surface area contributed by atoms with Crippen molar-refractivity contribution in [3.05, 3.63) is 53.1 Å². The second-order valence-corrected chi connectivity index (χ2v) is 7.03. The molecule has 2 N–H and O–H groups in total. The van der Waals surface area contributed by atoms with E-state index in [0.717, 1.165) is 23.5 Å². The number of benzene rings is 1. The van der Waals surface area contributed by atoms with Crippen molar-refractivity contribution in [3.8, 4) is 0 Å². The Kier molecular flexibility index (Phi) is 3.35. The first-order valence-electron chi connectivity index (χ1n) is 7.71. The normalized spacial score (nSPS) is 22.4. The SMILES string of the molecule is Cc1ccc([C@@]2(C(=O)NCc3ncc(C)[nH]3)CC2(C)C)cc1. The second kappa shape index (κ2) is 4.97. The van der Waals surface area contributed by atoms with Gasteiger partial charge in [-0.1, -0.05) is 43.7 Å². The van der Waals surface area contributed by atoms with Gasteiger partial charge in [-0.2, -0.15) is 0 Å². The summed E-state index contributed by atoms with van der Waals surface area (Å²) in [5.41, 5.74) is 2.90. The lowest BCUT2D eigenvalue weighted by Gasteiger charge is -2.20. The fourth-order valence-electron chi connectivity index (χ4n) is 3.34. The molecule has 2 aromatic rings. The Morgan fingerprint density at radius 3 is 2.41 bits per heavy atom. The second-order valence-electron chi connectivity index (χ2n) is 7.03. The average molecular weight is 297 g/mol. The van der Waals surface area contributed by atoms with Crippen molar-refractivity contribution in [2.24, 2.45) is 5.41 Å². The van der Waals surface area contributed by atoms with Crippen LogP contribution in [0.2, 0.25) is 0 Å². The molecule has 4 nitrogen and oxygen atoms in total. The minimum Gasteiger partial charge on any atom is -0.348 e. The maximum absolute atomic E-state index is 12.9. The molecule has 1 saturated carbocycles. The van der Waals surface area contributed by atoms with E-state index in [2.05, 4.69) is 60.3 Å². The molecule has 1 atom stereocenters. The third-order valence-electron chi connectivity index (χ3n) is 4.84. The summed E-state index contributed by atoms with van der Waals surface area (Å²) in [6.45, 7) is 8.77. The first kappa shape index (κ1) is 14.8. The van der Waals surface area contributed by atoms with E-state index in [4.69, 9.17) is 0 Å².